The molecule has 9 heteroatoms. The van der Waals surface area contributed by atoms with Gasteiger partial charge >= 0.3 is 0 Å². The van der Waals surface area contributed by atoms with E-state index in [0.29, 0.717) is 43.0 Å². The van der Waals surface area contributed by atoms with Crippen molar-refractivity contribution in [1.82, 2.24) is 30.0 Å². The first kappa shape index (κ1) is 20.2. The second-order valence-corrected chi connectivity index (χ2v) is 8.56. The Hall–Kier alpha value is -2.71. The van der Waals surface area contributed by atoms with Crippen LogP contribution in [0.15, 0.2) is 47.1 Å². The van der Waals surface area contributed by atoms with E-state index in [1.165, 1.54) is 19.1 Å². The van der Waals surface area contributed by atoms with Gasteiger partial charge in [-0.25, -0.2) is 4.68 Å². The van der Waals surface area contributed by atoms with Gasteiger partial charge in [0.2, 0.25) is 0 Å². The summed E-state index contributed by atoms with van der Waals surface area (Å²) in [5.41, 5.74) is 0.990. The SMILES string of the molecule is O=C(c1ccco1)N1CCN(C(c2ccccc2Cl)c2nnnn2C2CCCC2)CC1. The van der Waals surface area contributed by atoms with Crippen LogP contribution in [0.1, 0.15) is 59.7 Å². The van der Waals surface area contributed by atoms with E-state index in [-0.39, 0.29) is 11.9 Å². The molecule has 3 aromatic rings. The van der Waals surface area contributed by atoms with Gasteiger partial charge in [-0.1, -0.05) is 42.6 Å². The predicted molar refractivity (Wildman–Crippen MR) is 115 cm³/mol. The molecular weight excluding hydrogens is 416 g/mol. The summed E-state index contributed by atoms with van der Waals surface area (Å²) in [6.45, 7) is 2.59. The Bertz CT molecular complexity index is 1020. The van der Waals surface area contributed by atoms with E-state index in [9.17, 15) is 4.79 Å². The zero-order valence-corrected chi connectivity index (χ0v) is 18.0. The van der Waals surface area contributed by atoms with Crippen molar-refractivity contribution >= 4 is 17.5 Å². The molecule has 162 valence electrons. The van der Waals surface area contributed by atoms with Gasteiger partial charge in [0.25, 0.3) is 5.91 Å². The Morgan fingerprint density at radius 2 is 1.84 bits per heavy atom. The third kappa shape index (κ3) is 3.97. The van der Waals surface area contributed by atoms with Gasteiger partial charge in [-0.2, -0.15) is 0 Å². The molecule has 2 aromatic heterocycles. The lowest BCUT2D eigenvalue weighted by Gasteiger charge is -2.39. The van der Waals surface area contributed by atoms with Gasteiger partial charge in [-0.3, -0.25) is 9.69 Å². The molecule has 0 N–H and O–H groups in total. The summed E-state index contributed by atoms with van der Waals surface area (Å²) >= 11 is 6.63. The number of piperazine rings is 1. The van der Waals surface area contributed by atoms with Crippen molar-refractivity contribution in [2.75, 3.05) is 26.2 Å². The Morgan fingerprint density at radius 1 is 1.06 bits per heavy atom. The smallest absolute Gasteiger partial charge is 0.289 e. The van der Waals surface area contributed by atoms with Crippen molar-refractivity contribution in [2.45, 2.75) is 37.8 Å². The summed E-state index contributed by atoms with van der Waals surface area (Å²) in [6, 6.07) is 11.5. The van der Waals surface area contributed by atoms with Gasteiger partial charge in [-0.15, -0.1) is 5.10 Å². The summed E-state index contributed by atoms with van der Waals surface area (Å²) in [4.78, 5) is 16.8. The fourth-order valence-electron chi connectivity index (χ4n) is 4.72. The van der Waals surface area contributed by atoms with Crippen LogP contribution >= 0.6 is 11.6 Å². The van der Waals surface area contributed by atoms with E-state index in [1.807, 2.05) is 33.8 Å². The Labute approximate surface area is 185 Å². The first-order valence-electron chi connectivity index (χ1n) is 10.8. The molecule has 0 bridgehead atoms. The molecule has 0 spiro atoms. The summed E-state index contributed by atoms with van der Waals surface area (Å²) < 4.78 is 7.29. The van der Waals surface area contributed by atoms with Crippen LogP contribution in [0.5, 0.6) is 0 Å². The van der Waals surface area contributed by atoms with Crippen LogP contribution in [-0.4, -0.2) is 62.1 Å². The molecule has 31 heavy (non-hydrogen) atoms. The van der Waals surface area contributed by atoms with E-state index in [4.69, 9.17) is 16.0 Å². The molecule has 2 aliphatic rings. The number of amides is 1. The van der Waals surface area contributed by atoms with E-state index < -0.39 is 0 Å². The lowest BCUT2D eigenvalue weighted by Crippen LogP contribution is -2.50. The van der Waals surface area contributed by atoms with Crippen molar-refractivity contribution in [3.63, 3.8) is 0 Å². The summed E-state index contributed by atoms with van der Waals surface area (Å²) in [6.07, 6.45) is 6.12. The molecule has 1 aliphatic heterocycles. The van der Waals surface area contributed by atoms with Crippen molar-refractivity contribution in [3.05, 3.63) is 64.8 Å². The highest BCUT2D eigenvalue weighted by Gasteiger charge is 2.35. The number of carbonyl (C=O) groups is 1. The largest absolute Gasteiger partial charge is 0.459 e. The van der Waals surface area contributed by atoms with Crippen molar-refractivity contribution in [3.8, 4) is 0 Å². The number of hydrogen-bond donors (Lipinski definition) is 0. The maximum Gasteiger partial charge on any atom is 0.289 e. The first-order chi connectivity index (χ1) is 15.2. The van der Waals surface area contributed by atoms with Crippen molar-refractivity contribution in [2.24, 2.45) is 0 Å². The molecule has 1 aromatic carbocycles. The topological polar surface area (TPSA) is 80.3 Å². The number of hydrogen-bond acceptors (Lipinski definition) is 6. The normalized spacial score (nSPS) is 19.1. The van der Waals surface area contributed by atoms with Crippen molar-refractivity contribution in [1.29, 1.82) is 0 Å². The summed E-state index contributed by atoms with van der Waals surface area (Å²) in [5.74, 6) is 1.13. The molecule has 2 fully saturated rings. The Balaban J connectivity index is 1.42. The molecule has 8 nitrogen and oxygen atoms in total. The molecular formula is C22H25ClN6O2. The third-order valence-corrected chi connectivity index (χ3v) is 6.68. The molecule has 1 saturated heterocycles. The molecule has 1 atom stereocenters. The van der Waals surface area contributed by atoms with Crippen LogP contribution in [-0.2, 0) is 0 Å². The monoisotopic (exact) mass is 440 g/mol. The van der Waals surface area contributed by atoms with Gasteiger partial charge in [0, 0.05) is 31.2 Å². The van der Waals surface area contributed by atoms with Crippen LogP contribution < -0.4 is 0 Å². The van der Waals surface area contributed by atoms with E-state index in [2.05, 4.69) is 20.4 Å². The number of carbonyl (C=O) groups excluding carboxylic acids is 1. The summed E-state index contributed by atoms with van der Waals surface area (Å²) in [5, 5.41) is 13.5. The van der Waals surface area contributed by atoms with Gasteiger partial charge in [-0.05, 0) is 47.0 Å². The lowest BCUT2D eigenvalue weighted by atomic mass is 10.0. The number of furan rings is 1. The van der Waals surface area contributed by atoms with Crippen LogP contribution in [0.4, 0.5) is 0 Å². The zero-order chi connectivity index (χ0) is 21.2. The second-order valence-electron chi connectivity index (χ2n) is 8.15. The minimum atomic E-state index is -0.162. The van der Waals surface area contributed by atoms with E-state index in [1.54, 1.807) is 12.1 Å². The molecule has 1 unspecified atom stereocenters. The van der Waals surface area contributed by atoms with Gasteiger partial charge in [0.1, 0.15) is 0 Å². The number of benzene rings is 1. The average Bonchev–Trinajstić information content (AvgIpc) is 3.57. The van der Waals surface area contributed by atoms with Gasteiger partial charge < -0.3 is 9.32 Å². The molecule has 3 heterocycles. The minimum Gasteiger partial charge on any atom is -0.459 e. The standard InChI is InChI=1S/C22H25ClN6O2/c23-18-9-4-3-8-17(18)20(21-24-25-26-29(21)16-6-1-2-7-16)27-11-13-28(14-12-27)22(30)19-10-5-15-31-19/h3-5,8-10,15-16,20H,1-2,6-7,11-14H2. The molecule has 5 rings (SSSR count). The highest BCUT2D eigenvalue weighted by atomic mass is 35.5. The maximum atomic E-state index is 12.7. The fraction of sp³-hybridized carbons (Fsp3) is 0.455. The molecule has 1 saturated carbocycles. The Morgan fingerprint density at radius 3 is 2.55 bits per heavy atom. The maximum absolute atomic E-state index is 12.7. The van der Waals surface area contributed by atoms with Gasteiger partial charge in [0.15, 0.2) is 11.6 Å². The average molecular weight is 441 g/mol. The van der Waals surface area contributed by atoms with Crippen LogP contribution in [0, 0.1) is 0 Å². The van der Waals surface area contributed by atoms with Crippen LogP contribution in [0.2, 0.25) is 5.02 Å². The van der Waals surface area contributed by atoms with E-state index in [0.717, 1.165) is 24.2 Å². The molecule has 0 radical (unpaired) electrons. The highest BCUT2D eigenvalue weighted by molar-refractivity contribution is 6.31. The zero-order valence-electron chi connectivity index (χ0n) is 17.2. The van der Waals surface area contributed by atoms with Crippen LogP contribution in [0.25, 0.3) is 0 Å². The number of halogens is 1. The number of rotatable bonds is 5. The van der Waals surface area contributed by atoms with E-state index >= 15 is 0 Å². The number of nitrogens with zero attached hydrogens (tertiary/aromatic N) is 6. The highest BCUT2D eigenvalue weighted by Crippen LogP contribution is 2.36. The summed E-state index contributed by atoms with van der Waals surface area (Å²) in [7, 11) is 0. The number of aromatic nitrogens is 4. The first-order valence-corrected chi connectivity index (χ1v) is 11.2. The van der Waals surface area contributed by atoms with Crippen LogP contribution in [0.3, 0.4) is 0 Å². The quantitative estimate of drug-likeness (QED) is 0.603. The predicted octanol–water partition coefficient (Wildman–Crippen LogP) is 3.58. The number of tetrazole rings is 1. The van der Waals surface area contributed by atoms with Crippen molar-refractivity contribution < 1.29 is 9.21 Å². The molecule has 1 aliphatic carbocycles. The minimum absolute atomic E-state index is 0.0743. The lowest BCUT2D eigenvalue weighted by molar-refractivity contribution is 0.0558. The second kappa shape index (κ2) is 8.80. The molecule has 1 amide bonds. The van der Waals surface area contributed by atoms with Gasteiger partial charge in [0.05, 0.1) is 18.3 Å². The Kier molecular flexibility index (Phi) is 5.74. The fourth-order valence-corrected chi connectivity index (χ4v) is 4.96. The third-order valence-electron chi connectivity index (χ3n) is 6.33.